The van der Waals surface area contributed by atoms with E-state index in [0.29, 0.717) is 12.2 Å². The van der Waals surface area contributed by atoms with Crippen molar-refractivity contribution in [1.82, 2.24) is 5.32 Å². The van der Waals surface area contributed by atoms with Crippen LogP contribution in [0.5, 0.6) is 0 Å². The Kier molecular flexibility index (Phi) is 6.82. The normalized spacial score (nSPS) is 11.5. The standard InChI is InChI=1S/C13H21BrN2O2S/c1-3-7-15-8-9-19(17,18)16-13-6-5-12(14)10-11(13)4-2/h5-6,10,15-16H,3-4,7-9H2,1-2H3. The maximum atomic E-state index is 12.0. The summed E-state index contributed by atoms with van der Waals surface area (Å²) in [6.07, 6.45) is 1.78. The van der Waals surface area contributed by atoms with Crippen molar-refractivity contribution in [1.29, 1.82) is 0 Å². The van der Waals surface area contributed by atoms with Gasteiger partial charge < -0.3 is 5.32 Å². The van der Waals surface area contributed by atoms with Gasteiger partial charge in [-0.15, -0.1) is 0 Å². The van der Waals surface area contributed by atoms with Crippen LogP contribution in [0, 0.1) is 0 Å². The lowest BCUT2D eigenvalue weighted by molar-refractivity contribution is 0.595. The van der Waals surface area contributed by atoms with E-state index in [1.165, 1.54) is 0 Å². The number of halogens is 1. The maximum Gasteiger partial charge on any atom is 0.233 e. The quantitative estimate of drug-likeness (QED) is 0.710. The van der Waals surface area contributed by atoms with Gasteiger partial charge in [0.2, 0.25) is 10.0 Å². The summed E-state index contributed by atoms with van der Waals surface area (Å²) in [5.41, 5.74) is 1.65. The topological polar surface area (TPSA) is 58.2 Å². The molecule has 0 aliphatic carbocycles. The van der Waals surface area contributed by atoms with Crippen molar-refractivity contribution in [2.24, 2.45) is 0 Å². The molecule has 0 fully saturated rings. The molecule has 0 unspecified atom stereocenters. The van der Waals surface area contributed by atoms with E-state index in [9.17, 15) is 8.42 Å². The van der Waals surface area contributed by atoms with E-state index in [-0.39, 0.29) is 5.75 Å². The summed E-state index contributed by atoms with van der Waals surface area (Å²) in [7, 11) is -3.29. The van der Waals surface area contributed by atoms with Gasteiger partial charge in [-0.2, -0.15) is 0 Å². The highest BCUT2D eigenvalue weighted by Gasteiger charge is 2.12. The van der Waals surface area contributed by atoms with Gasteiger partial charge in [0.1, 0.15) is 0 Å². The van der Waals surface area contributed by atoms with Gasteiger partial charge in [-0.25, -0.2) is 8.42 Å². The molecule has 4 nitrogen and oxygen atoms in total. The van der Waals surface area contributed by atoms with Gasteiger partial charge in [-0.1, -0.05) is 29.8 Å². The molecule has 2 N–H and O–H groups in total. The van der Waals surface area contributed by atoms with Gasteiger partial charge >= 0.3 is 0 Å². The van der Waals surface area contributed by atoms with Crippen LogP contribution in [0.15, 0.2) is 22.7 Å². The molecule has 0 amide bonds. The monoisotopic (exact) mass is 348 g/mol. The number of aryl methyl sites for hydroxylation is 1. The van der Waals surface area contributed by atoms with Crippen LogP contribution in [-0.4, -0.2) is 27.3 Å². The van der Waals surface area contributed by atoms with Crippen LogP contribution < -0.4 is 10.0 Å². The predicted octanol–water partition coefficient (Wildman–Crippen LogP) is 2.75. The fraction of sp³-hybridized carbons (Fsp3) is 0.538. The summed E-state index contributed by atoms with van der Waals surface area (Å²) >= 11 is 3.39. The molecule has 0 saturated heterocycles. The molecule has 1 aromatic carbocycles. The van der Waals surface area contributed by atoms with Crippen molar-refractivity contribution in [3.8, 4) is 0 Å². The zero-order chi connectivity index (χ0) is 14.3. The average molecular weight is 349 g/mol. The largest absolute Gasteiger partial charge is 0.316 e. The molecule has 0 saturated carbocycles. The average Bonchev–Trinajstić information content (AvgIpc) is 2.36. The Morgan fingerprint density at radius 2 is 1.95 bits per heavy atom. The highest BCUT2D eigenvalue weighted by atomic mass is 79.9. The Morgan fingerprint density at radius 3 is 2.58 bits per heavy atom. The zero-order valence-electron chi connectivity index (χ0n) is 11.4. The van der Waals surface area contributed by atoms with E-state index < -0.39 is 10.0 Å². The third kappa shape index (κ3) is 5.93. The molecular formula is C13H21BrN2O2S. The Hall–Kier alpha value is -0.590. The molecule has 0 heterocycles. The van der Waals surface area contributed by atoms with E-state index >= 15 is 0 Å². The van der Waals surface area contributed by atoms with E-state index in [4.69, 9.17) is 0 Å². The van der Waals surface area contributed by atoms with Crippen LogP contribution in [0.1, 0.15) is 25.8 Å². The molecule has 0 bridgehead atoms. The van der Waals surface area contributed by atoms with Crippen LogP contribution in [0.4, 0.5) is 5.69 Å². The molecule has 6 heteroatoms. The van der Waals surface area contributed by atoms with Crippen LogP contribution in [0.3, 0.4) is 0 Å². The summed E-state index contributed by atoms with van der Waals surface area (Å²) in [4.78, 5) is 0. The Labute approximate surface area is 124 Å². The lowest BCUT2D eigenvalue weighted by Gasteiger charge is -2.12. The molecule has 0 radical (unpaired) electrons. The molecule has 19 heavy (non-hydrogen) atoms. The van der Waals surface area contributed by atoms with Gasteiger partial charge in [0.15, 0.2) is 0 Å². The summed E-state index contributed by atoms with van der Waals surface area (Å²) in [5, 5.41) is 3.09. The highest BCUT2D eigenvalue weighted by Crippen LogP contribution is 2.22. The summed E-state index contributed by atoms with van der Waals surface area (Å²) < 4.78 is 27.5. The first-order valence-electron chi connectivity index (χ1n) is 6.48. The first-order chi connectivity index (χ1) is 8.98. The highest BCUT2D eigenvalue weighted by molar-refractivity contribution is 9.10. The Balaban J connectivity index is 2.67. The van der Waals surface area contributed by atoms with Crippen LogP contribution in [0.25, 0.3) is 0 Å². The van der Waals surface area contributed by atoms with Crippen molar-refractivity contribution in [3.63, 3.8) is 0 Å². The molecule has 1 aromatic rings. The van der Waals surface area contributed by atoms with Crippen LogP contribution in [-0.2, 0) is 16.4 Å². The SMILES string of the molecule is CCCNCCS(=O)(=O)Nc1ccc(Br)cc1CC. The van der Waals surface area contributed by atoms with Crippen LogP contribution in [0.2, 0.25) is 0 Å². The third-order valence-corrected chi connectivity index (χ3v) is 4.45. The first kappa shape index (κ1) is 16.5. The van der Waals surface area contributed by atoms with Crippen molar-refractivity contribution >= 4 is 31.6 Å². The molecule has 0 aliphatic rings. The van der Waals surface area contributed by atoms with Crippen LogP contribution >= 0.6 is 15.9 Å². The minimum Gasteiger partial charge on any atom is -0.316 e. The number of hydrogen-bond donors (Lipinski definition) is 2. The predicted molar refractivity (Wildman–Crippen MR) is 84.1 cm³/mol. The maximum absolute atomic E-state index is 12.0. The molecule has 0 aliphatic heterocycles. The fourth-order valence-corrected chi connectivity index (χ4v) is 3.14. The summed E-state index contributed by atoms with van der Waals surface area (Å²) in [6.45, 7) is 5.37. The fourth-order valence-electron chi connectivity index (χ4n) is 1.68. The van der Waals surface area contributed by atoms with E-state index in [1.807, 2.05) is 19.1 Å². The van der Waals surface area contributed by atoms with Gasteiger partial charge in [0.05, 0.1) is 11.4 Å². The molecule has 108 valence electrons. The van der Waals surface area contributed by atoms with E-state index in [1.54, 1.807) is 6.07 Å². The minimum atomic E-state index is -3.29. The second-order valence-corrected chi connectivity index (χ2v) is 7.08. The second-order valence-electron chi connectivity index (χ2n) is 4.33. The summed E-state index contributed by atoms with van der Waals surface area (Å²) in [6, 6.07) is 5.57. The summed E-state index contributed by atoms with van der Waals surface area (Å²) in [5.74, 6) is 0.0895. The van der Waals surface area contributed by atoms with Crippen molar-refractivity contribution in [2.75, 3.05) is 23.6 Å². The van der Waals surface area contributed by atoms with Gasteiger partial charge in [0, 0.05) is 11.0 Å². The molecule has 0 atom stereocenters. The van der Waals surface area contributed by atoms with Crippen molar-refractivity contribution < 1.29 is 8.42 Å². The van der Waals surface area contributed by atoms with Gasteiger partial charge in [-0.3, -0.25) is 4.72 Å². The smallest absolute Gasteiger partial charge is 0.233 e. The van der Waals surface area contributed by atoms with E-state index in [0.717, 1.165) is 29.4 Å². The van der Waals surface area contributed by atoms with Crippen molar-refractivity contribution in [2.45, 2.75) is 26.7 Å². The number of rotatable bonds is 8. The second kappa shape index (κ2) is 7.87. The number of anilines is 1. The van der Waals surface area contributed by atoms with Gasteiger partial charge in [0.25, 0.3) is 0 Å². The molecular weight excluding hydrogens is 328 g/mol. The molecule has 0 aromatic heterocycles. The number of sulfonamides is 1. The van der Waals surface area contributed by atoms with Crippen molar-refractivity contribution in [3.05, 3.63) is 28.2 Å². The molecule has 0 spiro atoms. The van der Waals surface area contributed by atoms with E-state index in [2.05, 4.69) is 32.9 Å². The lowest BCUT2D eigenvalue weighted by atomic mass is 10.1. The Bertz CT molecular complexity index is 503. The number of benzene rings is 1. The third-order valence-electron chi connectivity index (χ3n) is 2.69. The number of hydrogen-bond acceptors (Lipinski definition) is 3. The Morgan fingerprint density at radius 1 is 1.21 bits per heavy atom. The number of nitrogens with one attached hydrogen (secondary N) is 2. The molecule has 1 rings (SSSR count). The van der Waals surface area contributed by atoms with Gasteiger partial charge in [-0.05, 0) is 43.1 Å². The lowest BCUT2D eigenvalue weighted by Crippen LogP contribution is -2.27. The minimum absolute atomic E-state index is 0.0895. The first-order valence-corrected chi connectivity index (χ1v) is 8.92. The zero-order valence-corrected chi connectivity index (χ0v) is 13.8.